The van der Waals surface area contributed by atoms with Gasteiger partial charge in [-0.2, -0.15) is 9.30 Å². The van der Waals surface area contributed by atoms with Gasteiger partial charge in [0.05, 0.1) is 41.9 Å². The molecule has 0 N–H and O–H groups in total. The van der Waals surface area contributed by atoms with Gasteiger partial charge in [0.25, 0.3) is 5.91 Å². The molecule has 1 amide bonds. The van der Waals surface area contributed by atoms with Crippen molar-refractivity contribution in [2.45, 2.75) is 31.2 Å². The van der Waals surface area contributed by atoms with E-state index in [1.54, 1.807) is 42.9 Å². The molecule has 3 aromatic rings. The molecule has 1 unspecified atom stereocenters. The van der Waals surface area contributed by atoms with Crippen LogP contribution in [0, 0.1) is 5.92 Å². The van der Waals surface area contributed by atoms with Gasteiger partial charge in [-0.15, -0.1) is 0 Å². The average Bonchev–Trinajstić information content (AvgIpc) is 3.24. The van der Waals surface area contributed by atoms with Gasteiger partial charge in [0, 0.05) is 13.1 Å². The molecule has 1 aromatic heterocycles. The number of esters is 1. The highest BCUT2D eigenvalue weighted by atomic mass is 32.2. The lowest BCUT2D eigenvalue weighted by atomic mass is 9.99. The molecular formula is C25H29N3O7S2. The Bertz CT molecular complexity index is 1460. The van der Waals surface area contributed by atoms with Gasteiger partial charge in [0.2, 0.25) is 10.0 Å². The molecule has 12 heteroatoms. The zero-order valence-corrected chi connectivity index (χ0v) is 22.5. The van der Waals surface area contributed by atoms with E-state index in [4.69, 9.17) is 14.2 Å². The van der Waals surface area contributed by atoms with Gasteiger partial charge >= 0.3 is 5.97 Å². The molecule has 1 aliphatic rings. The minimum Gasteiger partial charge on any atom is -0.497 e. The standard InChI is InChI=1S/C25H29N3O7S2/c1-4-35-23(29)16-28-21-12-9-19(34-3)14-22(21)36-25(28)26-24(30)17-6-5-13-27(15-17)37(31,32)20-10-7-18(33-2)8-11-20/h7-12,14,17H,4-6,13,15-16H2,1-3H3. The first-order valence-corrected chi connectivity index (χ1v) is 14.1. The molecule has 2 heterocycles. The predicted octanol–water partition coefficient (Wildman–Crippen LogP) is 2.81. The van der Waals surface area contributed by atoms with Crippen LogP contribution in [0.25, 0.3) is 10.2 Å². The Morgan fingerprint density at radius 2 is 1.78 bits per heavy atom. The quantitative estimate of drug-likeness (QED) is 0.398. The van der Waals surface area contributed by atoms with Crippen molar-refractivity contribution in [3.63, 3.8) is 0 Å². The molecule has 4 rings (SSSR count). The number of ether oxygens (including phenoxy) is 3. The molecule has 1 saturated heterocycles. The number of hydrogen-bond acceptors (Lipinski definition) is 8. The van der Waals surface area contributed by atoms with Crippen LogP contribution >= 0.6 is 11.3 Å². The fourth-order valence-electron chi connectivity index (χ4n) is 4.20. The number of fused-ring (bicyclic) bond motifs is 1. The van der Waals surface area contributed by atoms with Crippen molar-refractivity contribution in [2.75, 3.05) is 33.9 Å². The monoisotopic (exact) mass is 547 g/mol. The first-order chi connectivity index (χ1) is 17.8. The van der Waals surface area contributed by atoms with E-state index in [2.05, 4.69) is 4.99 Å². The summed E-state index contributed by atoms with van der Waals surface area (Å²) in [6, 6.07) is 11.6. The maximum absolute atomic E-state index is 13.3. The van der Waals surface area contributed by atoms with Crippen LogP contribution in [0.1, 0.15) is 19.8 Å². The van der Waals surface area contributed by atoms with Crippen molar-refractivity contribution in [1.29, 1.82) is 0 Å². The highest BCUT2D eigenvalue weighted by Crippen LogP contribution is 2.27. The van der Waals surface area contributed by atoms with Crippen LogP contribution in [-0.4, -0.2) is 63.1 Å². The van der Waals surface area contributed by atoms with Crippen LogP contribution in [0.5, 0.6) is 11.5 Å². The third-order valence-corrected chi connectivity index (χ3v) is 9.04. The summed E-state index contributed by atoms with van der Waals surface area (Å²) in [7, 11) is -0.707. The fraction of sp³-hybridized carbons (Fsp3) is 0.400. The summed E-state index contributed by atoms with van der Waals surface area (Å²) in [5, 5.41) is 0. The van der Waals surface area contributed by atoms with Crippen LogP contribution < -0.4 is 14.3 Å². The Morgan fingerprint density at radius 3 is 2.46 bits per heavy atom. The Morgan fingerprint density at radius 1 is 1.08 bits per heavy atom. The number of piperidine rings is 1. The van der Waals surface area contributed by atoms with Gasteiger partial charge in [-0.05, 0) is 62.2 Å². The number of hydrogen-bond donors (Lipinski definition) is 0. The molecule has 0 spiro atoms. The summed E-state index contributed by atoms with van der Waals surface area (Å²) in [5.41, 5.74) is 0.720. The fourth-order valence-corrected chi connectivity index (χ4v) is 6.79. The summed E-state index contributed by atoms with van der Waals surface area (Å²) in [6.45, 7) is 2.22. The van der Waals surface area contributed by atoms with Crippen molar-refractivity contribution in [2.24, 2.45) is 10.9 Å². The smallest absolute Gasteiger partial charge is 0.326 e. The topological polar surface area (TPSA) is 116 Å². The number of rotatable bonds is 8. The number of carbonyl (C=O) groups is 2. The molecule has 1 fully saturated rings. The average molecular weight is 548 g/mol. The van der Waals surface area contributed by atoms with Gasteiger partial charge in [-0.1, -0.05) is 11.3 Å². The summed E-state index contributed by atoms with van der Waals surface area (Å²) in [5.74, 6) is -0.271. The van der Waals surface area contributed by atoms with Crippen LogP contribution in [0.4, 0.5) is 0 Å². The van der Waals surface area contributed by atoms with Crippen molar-refractivity contribution in [1.82, 2.24) is 8.87 Å². The van der Waals surface area contributed by atoms with Crippen molar-refractivity contribution in [3.8, 4) is 11.5 Å². The minimum absolute atomic E-state index is 0.0350. The normalized spacial score (nSPS) is 17.1. The number of sulfonamides is 1. The summed E-state index contributed by atoms with van der Waals surface area (Å²) >= 11 is 1.26. The molecule has 1 atom stereocenters. The number of benzene rings is 2. The Labute approximate surface area is 219 Å². The maximum atomic E-state index is 13.3. The van der Waals surface area contributed by atoms with E-state index in [-0.39, 0.29) is 24.6 Å². The number of aromatic nitrogens is 1. The second kappa shape index (κ2) is 11.4. The molecular weight excluding hydrogens is 518 g/mol. The summed E-state index contributed by atoms with van der Waals surface area (Å²) in [6.07, 6.45) is 1.06. The molecule has 0 saturated carbocycles. The van der Waals surface area contributed by atoms with Gasteiger partial charge in [0.1, 0.15) is 18.0 Å². The second-order valence-corrected chi connectivity index (χ2v) is 11.4. The molecule has 0 aliphatic carbocycles. The molecule has 198 valence electrons. The van der Waals surface area contributed by atoms with E-state index >= 15 is 0 Å². The van der Waals surface area contributed by atoms with Crippen molar-refractivity contribution >= 4 is 43.5 Å². The van der Waals surface area contributed by atoms with E-state index in [9.17, 15) is 18.0 Å². The van der Waals surface area contributed by atoms with Crippen molar-refractivity contribution in [3.05, 3.63) is 47.3 Å². The lowest BCUT2D eigenvalue weighted by Gasteiger charge is -2.30. The number of carbonyl (C=O) groups excluding carboxylic acids is 2. The summed E-state index contributed by atoms with van der Waals surface area (Å²) in [4.78, 5) is 30.4. The SMILES string of the molecule is CCOC(=O)Cn1c(=NC(=O)C2CCCN(S(=O)(=O)c3ccc(OC)cc3)C2)sc2cc(OC)ccc21. The van der Waals surface area contributed by atoms with E-state index in [1.165, 1.54) is 34.9 Å². The van der Waals surface area contributed by atoms with Crippen molar-refractivity contribution < 1.29 is 32.2 Å². The molecule has 2 aromatic carbocycles. The Balaban J connectivity index is 1.63. The first-order valence-electron chi connectivity index (χ1n) is 11.8. The molecule has 37 heavy (non-hydrogen) atoms. The van der Waals surface area contributed by atoms with Gasteiger partial charge in [-0.3, -0.25) is 9.59 Å². The number of amides is 1. The van der Waals surface area contributed by atoms with Crippen LogP contribution in [0.15, 0.2) is 52.4 Å². The lowest BCUT2D eigenvalue weighted by Crippen LogP contribution is -2.42. The Kier molecular flexibility index (Phi) is 8.30. The molecule has 0 bridgehead atoms. The highest BCUT2D eigenvalue weighted by Gasteiger charge is 2.33. The second-order valence-electron chi connectivity index (χ2n) is 8.44. The zero-order valence-electron chi connectivity index (χ0n) is 20.9. The lowest BCUT2D eigenvalue weighted by molar-refractivity contribution is -0.143. The number of nitrogens with zero attached hydrogens (tertiary/aromatic N) is 3. The summed E-state index contributed by atoms with van der Waals surface area (Å²) < 4.78 is 45.7. The van der Waals surface area contributed by atoms with Gasteiger partial charge < -0.3 is 18.8 Å². The van der Waals surface area contributed by atoms with E-state index in [0.717, 1.165) is 10.2 Å². The largest absolute Gasteiger partial charge is 0.497 e. The van der Waals surface area contributed by atoms with Crippen LogP contribution in [-0.2, 0) is 30.9 Å². The van der Waals surface area contributed by atoms with E-state index < -0.39 is 27.8 Å². The maximum Gasteiger partial charge on any atom is 0.326 e. The highest BCUT2D eigenvalue weighted by molar-refractivity contribution is 7.89. The van der Waals surface area contributed by atoms with E-state index in [0.29, 0.717) is 35.7 Å². The van der Waals surface area contributed by atoms with Crippen LogP contribution in [0.2, 0.25) is 0 Å². The molecule has 1 aliphatic heterocycles. The Hall–Kier alpha value is -3.22. The minimum atomic E-state index is -3.78. The zero-order chi connectivity index (χ0) is 26.6. The number of methoxy groups -OCH3 is 2. The third-order valence-electron chi connectivity index (χ3n) is 6.12. The first kappa shape index (κ1) is 26.8. The predicted molar refractivity (Wildman–Crippen MR) is 138 cm³/mol. The molecule has 10 nitrogen and oxygen atoms in total. The van der Waals surface area contributed by atoms with Gasteiger partial charge in [-0.25, -0.2) is 8.42 Å². The molecule has 0 radical (unpaired) electrons. The van der Waals surface area contributed by atoms with Gasteiger partial charge in [0.15, 0.2) is 4.80 Å². The van der Waals surface area contributed by atoms with E-state index in [1.807, 2.05) is 6.07 Å². The third kappa shape index (κ3) is 5.86. The van der Waals surface area contributed by atoms with Crippen LogP contribution in [0.3, 0.4) is 0 Å². The number of thiazole rings is 1.